The molecule has 1 fully saturated rings. The zero-order chi connectivity index (χ0) is 13.5. The van der Waals surface area contributed by atoms with Crippen LogP contribution < -0.4 is 11.5 Å². The van der Waals surface area contributed by atoms with Crippen molar-refractivity contribution in [2.24, 2.45) is 17.4 Å². The molecule has 6 heteroatoms. The van der Waals surface area contributed by atoms with Gasteiger partial charge in [-0.3, -0.25) is 14.5 Å². The van der Waals surface area contributed by atoms with Crippen LogP contribution in [0.1, 0.15) is 19.8 Å². The molecule has 4 N–H and O–H groups in total. The molecule has 0 aromatic rings. The standard InChI is InChI=1S/C12H24N4O2/c1-10(8-13)7-12(18)16-4-2-3-15(5-6-16)9-11(14)17/h10H,2-9,13H2,1H3,(H2,14,17). The molecule has 1 heterocycles. The first-order chi connectivity index (χ1) is 8.52. The number of hydrogen-bond donors (Lipinski definition) is 2. The van der Waals surface area contributed by atoms with E-state index in [9.17, 15) is 9.59 Å². The summed E-state index contributed by atoms with van der Waals surface area (Å²) in [5, 5.41) is 0. The molecule has 0 aromatic heterocycles. The Bertz CT molecular complexity index is 296. The van der Waals surface area contributed by atoms with Crippen LogP contribution >= 0.6 is 0 Å². The molecule has 18 heavy (non-hydrogen) atoms. The lowest BCUT2D eigenvalue weighted by Gasteiger charge is -2.22. The Hall–Kier alpha value is -1.14. The first kappa shape index (κ1) is 14.9. The average Bonchev–Trinajstić information content (AvgIpc) is 2.53. The van der Waals surface area contributed by atoms with Crippen LogP contribution in [0.25, 0.3) is 0 Å². The summed E-state index contributed by atoms with van der Waals surface area (Å²) in [6.45, 7) is 5.75. The Morgan fingerprint density at radius 1 is 1.22 bits per heavy atom. The van der Waals surface area contributed by atoms with E-state index in [-0.39, 0.29) is 24.3 Å². The quantitative estimate of drug-likeness (QED) is 0.659. The topological polar surface area (TPSA) is 92.7 Å². The number of nitrogens with two attached hydrogens (primary N) is 2. The lowest BCUT2D eigenvalue weighted by Crippen LogP contribution is -2.38. The van der Waals surface area contributed by atoms with Crippen molar-refractivity contribution in [2.45, 2.75) is 19.8 Å². The minimum Gasteiger partial charge on any atom is -0.369 e. The highest BCUT2D eigenvalue weighted by Gasteiger charge is 2.20. The van der Waals surface area contributed by atoms with Crippen molar-refractivity contribution >= 4 is 11.8 Å². The fourth-order valence-electron chi connectivity index (χ4n) is 2.11. The molecule has 1 aliphatic heterocycles. The Morgan fingerprint density at radius 3 is 2.56 bits per heavy atom. The summed E-state index contributed by atoms with van der Waals surface area (Å²) in [5.41, 5.74) is 10.7. The molecule has 0 bridgehead atoms. The average molecular weight is 256 g/mol. The third-order valence-electron chi connectivity index (χ3n) is 3.25. The summed E-state index contributed by atoms with van der Waals surface area (Å²) in [4.78, 5) is 26.7. The van der Waals surface area contributed by atoms with E-state index in [1.54, 1.807) is 0 Å². The van der Waals surface area contributed by atoms with E-state index in [0.29, 0.717) is 26.1 Å². The Kier molecular flexibility index (Phi) is 6.07. The molecule has 1 rings (SSSR count). The number of nitrogens with zero attached hydrogens (tertiary/aromatic N) is 2. The Labute approximate surface area is 108 Å². The van der Waals surface area contributed by atoms with Crippen molar-refractivity contribution < 1.29 is 9.59 Å². The van der Waals surface area contributed by atoms with E-state index in [1.807, 2.05) is 16.7 Å². The van der Waals surface area contributed by atoms with Gasteiger partial charge in [-0.05, 0) is 18.9 Å². The van der Waals surface area contributed by atoms with Crippen molar-refractivity contribution in [3.8, 4) is 0 Å². The van der Waals surface area contributed by atoms with Crippen LogP contribution in [-0.2, 0) is 9.59 Å². The van der Waals surface area contributed by atoms with Crippen LogP contribution in [0.4, 0.5) is 0 Å². The van der Waals surface area contributed by atoms with Gasteiger partial charge in [0.05, 0.1) is 6.54 Å². The Morgan fingerprint density at radius 2 is 1.94 bits per heavy atom. The van der Waals surface area contributed by atoms with Gasteiger partial charge in [0.25, 0.3) is 0 Å². The number of carbonyl (C=O) groups excluding carboxylic acids is 2. The minimum absolute atomic E-state index is 0.161. The van der Waals surface area contributed by atoms with Crippen molar-refractivity contribution in [1.82, 2.24) is 9.80 Å². The van der Waals surface area contributed by atoms with Crippen LogP contribution in [-0.4, -0.2) is 60.9 Å². The zero-order valence-electron chi connectivity index (χ0n) is 11.1. The van der Waals surface area contributed by atoms with Crippen LogP contribution in [0, 0.1) is 5.92 Å². The second kappa shape index (κ2) is 7.33. The highest BCUT2D eigenvalue weighted by Crippen LogP contribution is 2.08. The molecule has 1 unspecified atom stereocenters. The first-order valence-electron chi connectivity index (χ1n) is 6.51. The van der Waals surface area contributed by atoms with Crippen LogP contribution in [0.15, 0.2) is 0 Å². The fourth-order valence-corrected chi connectivity index (χ4v) is 2.11. The summed E-state index contributed by atoms with van der Waals surface area (Å²) < 4.78 is 0. The molecule has 0 radical (unpaired) electrons. The van der Waals surface area contributed by atoms with Crippen LogP contribution in [0.3, 0.4) is 0 Å². The largest absolute Gasteiger partial charge is 0.369 e. The van der Waals surface area contributed by atoms with Gasteiger partial charge in [0.2, 0.25) is 11.8 Å². The van der Waals surface area contributed by atoms with E-state index in [4.69, 9.17) is 11.5 Å². The molecule has 1 aliphatic rings. The summed E-state index contributed by atoms with van der Waals surface area (Å²) in [6, 6.07) is 0. The first-order valence-corrected chi connectivity index (χ1v) is 6.51. The summed E-state index contributed by atoms with van der Waals surface area (Å²) >= 11 is 0. The molecular weight excluding hydrogens is 232 g/mol. The molecule has 104 valence electrons. The van der Waals surface area contributed by atoms with E-state index in [1.165, 1.54) is 0 Å². The van der Waals surface area contributed by atoms with Crippen molar-refractivity contribution in [2.75, 3.05) is 39.3 Å². The molecule has 0 saturated carbocycles. The third-order valence-corrected chi connectivity index (χ3v) is 3.25. The third kappa shape index (κ3) is 5.01. The van der Waals surface area contributed by atoms with Gasteiger partial charge in [0.1, 0.15) is 0 Å². The van der Waals surface area contributed by atoms with E-state index in [2.05, 4.69) is 0 Å². The van der Waals surface area contributed by atoms with Crippen molar-refractivity contribution in [3.63, 3.8) is 0 Å². The van der Waals surface area contributed by atoms with Crippen LogP contribution in [0.5, 0.6) is 0 Å². The van der Waals surface area contributed by atoms with Crippen molar-refractivity contribution in [1.29, 1.82) is 0 Å². The maximum atomic E-state index is 12.0. The second-order valence-electron chi connectivity index (χ2n) is 5.02. The lowest BCUT2D eigenvalue weighted by molar-refractivity contribution is -0.131. The molecule has 1 saturated heterocycles. The van der Waals surface area contributed by atoms with Crippen molar-refractivity contribution in [3.05, 3.63) is 0 Å². The molecular formula is C12H24N4O2. The van der Waals surface area contributed by atoms with Gasteiger partial charge >= 0.3 is 0 Å². The predicted octanol–water partition coefficient (Wildman–Crippen LogP) is -1.01. The van der Waals surface area contributed by atoms with Gasteiger partial charge in [-0.1, -0.05) is 6.92 Å². The number of hydrogen-bond acceptors (Lipinski definition) is 4. The van der Waals surface area contributed by atoms with E-state index >= 15 is 0 Å². The van der Waals surface area contributed by atoms with Gasteiger partial charge in [-0.25, -0.2) is 0 Å². The predicted molar refractivity (Wildman–Crippen MR) is 69.7 cm³/mol. The summed E-state index contributed by atoms with van der Waals surface area (Å²) in [5.74, 6) is 0.0721. The number of rotatable bonds is 5. The number of primary amides is 1. The summed E-state index contributed by atoms with van der Waals surface area (Å²) in [7, 11) is 0. The highest BCUT2D eigenvalue weighted by molar-refractivity contribution is 5.77. The Balaban J connectivity index is 2.41. The van der Waals surface area contributed by atoms with Gasteiger partial charge in [0, 0.05) is 32.6 Å². The van der Waals surface area contributed by atoms with E-state index < -0.39 is 0 Å². The molecule has 2 amide bonds. The monoisotopic (exact) mass is 256 g/mol. The maximum Gasteiger partial charge on any atom is 0.231 e. The highest BCUT2D eigenvalue weighted by atomic mass is 16.2. The molecule has 0 spiro atoms. The van der Waals surface area contributed by atoms with Gasteiger partial charge in [-0.15, -0.1) is 0 Å². The van der Waals surface area contributed by atoms with Gasteiger partial charge in [0.15, 0.2) is 0 Å². The van der Waals surface area contributed by atoms with Crippen LogP contribution in [0.2, 0.25) is 0 Å². The number of carbonyl (C=O) groups is 2. The SMILES string of the molecule is CC(CN)CC(=O)N1CCCN(CC(N)=O)CC1. The van der Waals surface area contributed by atoms with Gasteiger partial charge < -0.3 is 16.4 Å². The summed E-state index contributed by atoms with van der Waals surface area (Å²) in [6.07, 6.45) is 1.39. The molecule has 1 atom stereocenters. The normalized spacial score (nSPS) is 19.3. The molecule has 0 aliphatic carbocycles. The fraction of sp³-hybridized carbons (Fsp3) is 0.833. The zero-order valence-corrected chi connectivity index (χ0v) is 11.1. The smallest absolute Gasteiger partial charge is 0.231 e. The molecule has 0 aromatic carbocycles. The number of amides is 2. The minimum atomic E-state index is -0.313. The maximum absolute atomic E-state index is 12.0. The molecule has 6 nitrogen and oxygen atoms in total. The second-order valence-corrected chi connectivity index (χ2v) is 5.02. The lowest BCUT2D eigenvalue weighted by atomic mass is 10.1. The van der Waals surface area contributed by atoms with Gasteiger partial charge in [-0.2, -0.15) is 0 Å². The van der Waals surface area contributed by atoms with E-state index in [0.717, 1.165) is 19.5 Å².